The molecular weight excluding hydrogens is 240 g/mol. The number of fused-ring (bicyclic) bond motifs is 1. The van der Waals surface area contributed by atoms with Crippen molar-refractivity contribution >= 4 is 11.8 Å². The number of aromatic nitrogens is 1. The Morgan fingerprint density at radius 2 is 2.22 bits per heavy atom. The molecule has 1 unspecified atom stereocenters. The fourth-order valence-corrected chi connectivity index (χ4v) is 3.59. The molecule has 3 rings (SSSR count). The Morgan fingerprint density at radius 1 is 1.33 bits per heavy atom. The van der Waals surface area contributed by atoms with Crippen LogP contribution in [0.25, 0.3) is 0 Å². The number of thioether (sulfide) groups is 1. The zero-order valence-electron chi connectivity index (χ0n) is 10.6. The molecule has 1 N–H and O–H groups in total. The normalized spacial score (nSPS) is 18.6. The number of rotatable bonds is 3. The molecule has 0 saturated heterocycles. The molecule has 1 aromatic heterocycles. The highest BCUT2D eigenvalue weighted by Crippen LogP contribution is 2.35. The Labute approximate surface area is 112 Å². The number of benzene rings is 1. The predicted molar refractivity (Wildman–Crippen MR) is 76.8 cm³/mol. The lowest BCUT2D eigenvalue weighted by molar-refractivity contribution is 0.510. The number of hydrogen-bond donors (Lipinski definition) is 1. The minimum Gasteiger partial charge on any atom is -0.357 e. The van der Waals surface area contributed by atoms with Gasteiger partial charge in [-0.1, -0.05) is 18.2 Å². The first-order valence-electron chi connectivity index (χ1n) is 6.39. The molecule has 18 heavy (non-hydrogen) atoms. The van der Waals surface area contributed by atoms with Gasteiger partial charge in [0.15, 0.2) is 0 Å². The topological polar surface area (TPSA) is 17.0 Å². The standard InChI is InChI=1S/C15H18N2S/c1-17-8-6-12(11-17)10-16-14-7-9-18-15-5-3-2-4-13(14)15/h2-6,8,11,14,16H,7,9-10H2,1H3. The second-order valence-corrected chi connectivity index (χ2v) is 5.93. The van der Waals surface area contributed by atoms with Crippen molar-refractivity contribution in [3.63, 3.8) is 0 Å². The molecule has 2 heterocycles. The lowest BCUT2D eigenvalue weighted by Crippen LogP contribution is -2.24. The summed E-state index contributed by atoms with van der Waals surface area (Å²) in [5, 5.41) is 3.68. The quantitative estimate of drug-likeness (QED) is 0.909. The fraction of sp³-hybridized carbons (Fsp3) is 0.333. The van der Waals surface area contributed by atoms with E-state index in [2.05, 4.69) is 59.7 Å². The van der Waals surface area contributed by atoms with Crippen LogP contribution >= 0.6 is 11.8 Å². The lowest BCUT2D eigenvalue weighted by atomic mass is 10.0. The maximum Gasteiger partial charge on any atom is 0.0342 e. The number of nitrogens with zero attached hydrogens (tertiary/aromatic N) is 1. The molecule has 1 aromatic carbocycles. The average Bonchev–Trinajstić information content (AvgIpc) is 2.82. The van der Waals surface area contributed by atoms with Crippen molar-refractivity contribution in [1.29, 1.82) is 0 Å². The molecule has 1 aliphatic rings. The Kier molecular flexibility index (Phi) is 3.43. The number of hydrogen-bond acceptors (Lipinski definition) is 2. The Balaban J connectivity index is 1.71. The monoisotopic (exact) mass is 258 g/mol. The first-order chi connectivity index (χ1) is 8.83. The summed E-state index contributed by atoms with van der Waals surface area (Å²) in [6.45, 7) is 0.949. The van der Waals surface area contributed by atoms with E-state index in [0.29, 0.717) is 6.04 Å². The largest absolute Gasteiger partial charge is 0.357 e. The van der Waals surface area contributed by atoms with Gasteiger partial charge in [0, 0.05) is 36.9 Å². The second-order valence-electron chi connectivity index (χ2n) is 4.79. The first kappa shape index (κ1) is 11.9. The molecule has 0 amide bonds. The Hall–Kier alpha value is -1.19. The summed E-state index contributed by atoms with van der Waals surface area (Å²) in [6, 6.07) is 11.4. The molecule has 0 bridgehead atoms. The maximum absolute atomic E-state index is 3.68. The summed E-state index contributed by atoms with van der Waals surface area (Å²) in [5.41, 5.74) is 2.82. The van der Waals surface area contributed by atoms with E-state index in [-0.39, 0.29) is 0 Å². The van der Waals surface area contributed by atoms with E-state index < -0.39 is 0 Å². The fourth-order valence-electron chi connectivity index (χ4n) is 2.46. The van der Waals surface area contributed by atoms with Gasteiger partial charge in [-0.2, -0.15) is 0 Å². The SMILES string of the molecule is Cn1ccc(CNC2CCSc3ccccc32)c1. The van der Waals surface area contributed by atoms with Crippen molar-refractivity contribution in [1.82, 2.24) is 9.88 Å². The van der Waals surface area contributed by atoms with E-state index in [1.165, 1.54) is 28.2 Å². The Morgan fingerprint density at radius 3 is 3.06 bits per heavy atom. The first-order valence-corrected chi connectivity index (χ1v) is 7.37. The van der Waals surface area contributed by atoms with E-state index in [1.807, 2.05) is 11.8 Å². The number of aryl methyl sites for hydroxylation is 1. The molecular formula is C15H18N2S. The minimum absolute atomic E-state index is 0.502. The van der Waals surface area contributed by atoms with Gasteiger partial charge >= 0.3 is 0 Å². The minimum atomic E-state index is 0.502. The molecule has 2 aromatic rings. The summed E-state index contributed by atoms with van der Waals surface area (Å²) < 4.78 is 2.10. The van der Waals surface area contributed by atoms with Crippen LogP contribution in [0.3, 0.4) is 0 Å². The number of nitrogens with one attached hydrogen (secondary N) is 1. The van der Waals surface area contributed by atoms with Crippen molar-refractivity contribution < 1.29 is 0 Å². The van der Waals surface area contributed by atoms with Gasteiger partial charge < -0.3 is 9.88 Å². The lowest BCUT2D eigenvalue weighted by Gasteiger charge is -2.25. The summed E-state index contributed by atoms with van der Waals surface area (Å²) in [6.07, 6.45) is 5.49. The van der Waals surface area contributed by atoms with Crippen LogP contribution in [0.2, 0.25) is 0 Å². The zero-order valence-corrected chi connectivity index (χ0v) is 11.4. The summed E-state index contributed by atoms with van der Waals surface area (Å²) >= 11 is 1.97. The molecule has 0 spiro atoms. The van der Waals surface area contributed by atoms with Gasteiger partial charge in [-0.25, -0.2) is 0 Å². The van der Waals surface area contributed by atoms with Gasteiger partial charge in [-0.15, -0.1) is 11.8 Å². The van der Waals surface area contributed by atoms with Crippen LogP contribution in [0.15, 0.2) is 47.6 Å². The molecule has 3 heteroatoms. The van der Waals surface area contributed by atoms with Crippen LogP contribution in [0.5, 0.6) is 0 Å². The van der Waals surface area contributed by atoms with Gasteiger partial charge in [-0.3, -0.25) is 0 Å². The molecule has 1 aliphatic heterocycles. The van der Waals surface area contributed by atoms with Crippen LogP contribution in [0.1, 0.15) is 23.6 Å². The van der Waals surface area contributed by atoms with E-state index >= 15 is 0 Å². The van der Waals surface area contributed by atoms with Gasteiger partial charge in [0.1, 0.15) is 0 Å². The van der Waals surface area contributed by atoms with Crippen molar-refractivity contribution in [3.05, 3.63) is 53.9 Å². The van der Waals surface area contributed by atoms with E-state index in [1.54, 1.807) is 0 Å². The molecule has 0 fully saturated rings. The van der Waals surface area contributed by atoms with Crippen molar-refractivity contribution in [2.75, 3.05) is 5.75 Å². The van der Waals surface area contributed by atoms with Crippen LogP contribution < -0.4 is 5.32 Å². The van der Waals surface area contributed by atoms with Crippen LogP contribution in [0.4, 0.5) is 0 Å². The van der Waals surface area contributed by atoms with Crippen LogP contribution in [-0.2, 0) is 13.6 Å². The van der Waals surface area contributed by atoms with Crippen molar-refractivity contribution in [3.8, 4) is 0 Å². The highest BCUT2D eigenvalue weighted by atomic mass is 32.2. The third-order valence-electron chi connectivity index (χ3n) is 3.40. The molecule has 0 saturated carbocycles. The van der Waals surface area contributed by atoms with Gasteiger partial charge in [0.25, 0.3) is 0 Å². The molecule has 2 nitrogen and oxygen atoms in total. The van der Waals surface area contributed by atoms with Gasteiger partial charge in [0.05, 0.1) is 0 Å². The van der Waals surface area contributed by atoms with Crippen LogP contribution in [0, 0.1) is 0 Å². The highest BCUT2D eigenvalue weighted by molar-refractivity contribution is 7.99. The molecule has 1 atom stereocenters. The van der Waals surface area contributed by atoms with Crippen molar-refractivity contribution in [2.24, 2.45) is 7.05 Å². The third kappa shape index (κ3) is 2.47. The van der Waals surface area contributed by atoms with Crippen molar-refractivity contribution in [2.45, 2.75) is 23.9 Å². The second kappa shape index (κ2) is 5.21. The van der Waals surface area contributed by atoms with Gasteiger partial charge in [0.2, 0.25) is 0 Å². The maximum atomic E-state index is 3.68. The molecule has 0 aliphatic carbocycles. The predicted octanol–water partition coefficient (Wildman–Crippen LogP) is 3.35. The summed E-state index contributed by atoms with van der Waals surface area (Å²) in [5.74, 6) is 1.21. The summed E-state index contributed by atoms with van der Waals surface area (Å²) in [7, 11) is 2.07. The zero-order chi connectivity index (χ0) is 12.4. The third-order valence-corrected chi connectivity index (χ3v) is 4.53. The van der Waals surface area contributed by atoms with E-state index in [9.17, 15) is 0 Å². The Bertz CT molecular complexity index is 533. The van der Waals surface area contributed by atoms with E-state index in [0.717, 1.165) is 6.54 Å². The smallest absolute Gasteiger partial charge is 0.0342 e. The molecule has 0 radical (unpaired) electrons. The van der Waals surface area contributed by atoms with Crippen LogP contribution in [-0.4, -0.2) is 10.3 Å². The van der Waals surface area contributed by atoms with Gasteiger partial charge in [-0.05, 0) is 35.4 Å². The highest BCUT2D eigenvalue weighted by Gasteiger charge is 2.19. The summed E-state index contributed by atoms with van der Waals surface area (Å²) in [4.78, 5) is 1.44. The van der Waals surface area contributed by atoms with E-state index in [4.69, 9.17) is 0 Å². The average molecular weight is 258 g/mol. The molecule has 94 valence electrons.